The van der Waals surface area contributed by atoms with Gasteiger partial charge in [0.1, 0.15) is 5.82 Å². The van der Waals surface area contributed by atoms with Crippen molar-refractivity contribution in [3.05, 3.63) is 35.6 Å². The fourth-order valence-electron chi connectivity index (χ4n) is 3.40. The Morgan fingerprint density at radius 1 is 1.35 bits per heavy atom. The fourth-order valence-corrected chi connectivity index (χ4v) is 3.40. The lowest BCUT2D eigenvalue weighted by Crippen LogP contribution is -2.45. The van der Waals surface area contributed by atoms with Gasteiger partial charge in [-0.25, -0.2) is 9.82 Å². The summed E-state index contributed by atoms with van der Waals surface area (Å²) in [6, 6.07) is 7.47. The van der Waals surface area contributed by atoms with Crippen LogP contribution in [0.5, 0.6) is 0 Å². The predicted molar refractivity (Wildman–Crippen MR) is 75.5 cm³/mol. The maximum atomic E-state index is 13.4. The highest BCUT2D eigenvalue weighted by Crippen LogP contribution is 2.33. The van der Waals surface area contributed by atoms with Gasteiger partial charge in [-0.2, -0.15) is 0 Å². The number of piperidine rings is 1. The molecule has 3 rings (SSSR count). The topological polar surface area (TPSA) is 47.5 Å². The van der Waals surface area contributed by atoms with Crippen molar-refractivity contribution in [2.45, 2.75) is 24.9 Å². The van der Waals surface area contributed by atoms with Crippen LogP contribution in [0.25, 0.3) is 0 Å². The van der Waals surface area contributed by atoms with E-state index in [1.165, 1.54) is 6.07 Å². The number of hydrazine groups is 1. The molecule has 2 heterocycles. The molecule has 3 atom stereocenters. The van der Waals surface area contributed by atoms with Gasteiger partial charge in [-0.15, -0.1) is 0 Å². The monoisotopic (exact) mass is 279 g/mol. The summed E-state index contributed by atoms with van der Waals surface area (Å²) >= 11 is 0. The van der Waals surface area contributed by atoms with Crippen molar-refractivity contribution >= 4 is 0 Å². The number of hydrogen-bond donors (Lipinski definition) is 3. The molecule has 1 aromatic carbocycles. The summed E-state index contributed by atoms with van der Waals surface area (Å²) in [5.41, 5.74) is 7.69. The van der Waals surface area contributed by atoms with Gasteiger partial charge in [0.05, 0.1) is 6.04 Å². The van der Waals surface area contributed by atoms with Crippen molar-refractivity contribution in [3.63, 3.8) is 0 Å². The molecule has 20 heavy (non-hydrogen) atoms. The average Bonchev–Trinajstić information content (AvgIpc) is 2.88. The quantitative estimate of drug-likeness (QED) is 0.771. The molecule has 0 amide bonds. The second-order valence-electron chi connectivity index (χ2n) is 5.76. The summed E-state index contributed by atoms with van der Waals surface area (Å²) < 4.78 is 13.4. The molecule has 110 valence electrons. The van der Waals surface area contributed by atoms with Gasteiger partial charge in [-0.1, -0.05) is 12.1 Å². The van der Waals surface area contributed by atoms with Crippen LogP contribution >= 0.6 is 0 Å². The third-order valence-corrected chi connectivity index (χ3v) is 4.43. The number of halogens is 1. The molecule has 2 aliphatic heterocycles. The molecule has 0 aliphatic carbocycles. The molecule has 0 aromatic heterocycles. The summed E-state index contributed by atoms with van der Waals surface area (Å²) in [4.78, 5) is 2.40. The molecule has 5 heteroatoms. The molecular weight excluding hydrogens is 257 g/mol. The Balaban J connectivity index is 1.71. The van der Waals surface area contributed by atoms with E-state index in [0.717, 1.165) is 38.0 Å². The zero-order valence-electron chi connectivity index (χ0n) is 11.6. The van der Waals surface area contributed by atoms with Crippen molar-refractivity contribution < 1.29 is 9.50 Å². The van der Waals surface area contributed by atoms with E-state index < -0.39 is 0 Å². The number of fused-ring (bicyclic) bond motifs is 1. The number of benzene rings is 1. The molecule has 1 aromatic rings. The molecule has 0 radical (unpaired) electrons. The van der Waals surface area contributed by atoms with E-state index in [-0.39, 0.29) is 18.5 Å². The lowest BCUT2D eigenvalue weighted by Gasteiger charge is -2.36. The zero-order chi connectivity index (χ0) is 13.9. The summed E-state index contributed by atoms with van der Waals surface area (Å²) in [5.74, 6) is 0.268. The number of hydrogen-bond acceptors (Lipinski definition) is 4. The van der Waals surface area contributed by atoms with E-state index in [1.807, 2.05) is 6.07 Å². The third kappa shape index (κ3) is 2.86. The van der Waals surface area contributed by atoms with Gasteiger partial charge in [0.25, 0.3) is 0 Å². The molecule has 4 nitrogen and oxygen atoms in total. The van der Waals surface area contributed by atoms with Crippen molar-refractivity contribution in [1.29, 1.82) is 0 Å². The number of aliphatic hydroxyl groups is 1. The van der Waals surface area contributed by atoms with Gasteiger partial charge in [0, 0.05) is 31.7 Å². The van der Waals surface area contributed by atoms with Crippen LogP contribution in [0.15, 0.2) is 24.3 Å². The van der Waals surface area contributed by atoms with Crippen LogP contribution in [-0.4, -0.2) is 42.3 Å². The van der Waals surface area contributed by atoms with Crippen molar-refractivity contribution in [3.8, 4) is 0 Å². The molecular formula is C15H22FN3O. The highest BCUT2D eigenvalue weighted by molar-refractivity contribution is 5.23. The Kier molecular flexibility index (Phi) is 4.31. The molecule has 2 fully saturated rings. The molecule has 0 spiro atoms. The van der Waals surface area contributed by atoms with Gasteiger partial charge >= 0.3 is 0 Å². The third-order valence-electron chi connectivity index (χ3n) is 4.43. The van der Waals surface area contributed by atoms with Gasteiger partial charge in [0.2, 0.25) is 0 Å². The van der Waals surface area contributed by atoms with Crippen LogP contribution in [0.2, 0.25) is 0 Å². The number of likely N-dealkylation sites (tertiary alicyclic amines) is 1. The molecule has 0 saturated carbocycles. The zero-order valence-corrected chi connectivity index (χ0v) is 11.6. The van der Waals surface area contributed by atoms with Crippen LogP contribution in [0.4, 0.5) is 4.39 Å². The minimum atomic E-state index is -0.180. The normalized spacial score (nSPS) is 30.4. The van der Waals surface area contributed by atoms with Gasteiger partial charge in [-0.3, -0.25) is 5.43 Å². The van der Waals surface area contributed by atoms with Crippen molar-refractivity contribution in [1.82, 2.24) is 15.8 Å². The number of nitrogens with one attached hydrogen (secondary N) is 2. The Hall–Kier alpha value is -1.01. The Morgan fingerprint density at radius 2 is 2.25 bits per heavy atom. The van der Waals surface area contributed by atoms with Crippen LogP contribution in [0.3, 0.4) is 0 Å². The Bertz CT molecular complexity index is 456. The van der Waals surface area contributed by atoms with Gasteiger partial charge in [-0.05, 0) is 37.1 Å². The maximum Gasteiger partial charge on any atom is 0.123 e. The number of nitrogens with zero attached hydrogens (tertiary/aromatic N) is 1. The molecule has 2 saturated heterocycles. The van der Waals surface area contributed by atoms with Crippen LogP contribution in [0, 0.1) is 11.7 Å². The molecule has 3 unspecified atom stereocenters. The van der Waals surface area contributed by atoms with E-state index in [0.29, 0.717) is 12.0 Å². The van der Waals surface area contributed by atoms with E-state index in [4.69, 9.17) is 5.11 Å². The second-order valence-corrected chi connectivity index (χ2v) is 5.76. The smallest absolute Gasteiger partial charge is 0.123 e. The summed E-state index contributed by atoms with van der Waals surface area (Å²) in [6.45, 7) is 3.24. The fraction of sp³-hybridized carbons (Fsp3) is 0.600. The van der Waals surface area contributed by atoms with Crippen LogP contribution < -0.4 is 10.9 Å². The maximum absolute atomic E-state index is 13.4. The van der Waals surface area contributed by atoms with E-state index in [2.05, 4.69) is 15.8 Å². The van der Waals surface area contributed by atoms with Gasteiger partial charge < -0.3 is 10.0 Å². The van der Waals surface area contributed by atoms with Crippen LogP contribution in [-0.2, 0) is 0 Å². The SMILES string of the molecule is OCCCN1CCC2NNC(c3cccc(F)c3)C2C1. The Morgan fingerprint density at radius 3 is 3.05 bits per heavy atom. The number of aliphatic hydroxyl groups excluding tert-OH is 1. The Labute approximate surface area is 118 Å². The van der Waals surface area contributed by atoms with E-state index >= 15 is 0 Å². The summed E-state index contributed by atoms with van der Waals surface area (Å²) in [7, 11) is 0. The predicted octanol–water partition coefficient (Wildman–Crippen LogP) is 1.05. The highest BCUT2D eigenvalue weighted by Gasteiger charge is 2.40. The first kappa shape index (κ1) is 13.9. The largest absolute Gasteiger partial charge is 0.396 e. The lowest BCUT2D eigenvalue weighted by molar-refractivity contribution is 0.143. The van der Waals surface area contributed by atoms with Crippen LogP contribution in [0.1, 0.15) is 24.4 Å². The van der Waals surface area contributed by atoms with Crippen molar-refractivity contribution in [2.24, 2.45) is 5.92 Å². The highest BCUT2D eigenvalue weighted by atomic mass is 19.1. The van der Waals surface area contributed by atoms with Crippen molar-refractivity contribution in [2.75, 3.05) is 26.2 Å². The van der Waals surface area contributed by atoms with Gasteiger partial charge in [0.15, 0.2) is 0 Å². The molecule has 0 bridgehead atoms. The first-order valence-electron chi connectivity index (χ1n) is 7.37. The number of rotatable bonds is 4. The van der Waals surface area contributed by atoms with E-state index in [9.17, 15) is 4.39 Å². The standard InChI is InChI=1S/C15H22FN3O/c16-12-4-1-3-11(9-12)15-13-10-19(6-2-8-20)7-5-14(13)17-18-15/h1,3-4,9,13-15,17-18,20H,2,5-8,10H2. The minimum absolute atomic E-state index is 0.160. The average molecular weight is 279 g/mol. The van der Waals surface area contributed by atoms with E-state index in [1.54, 1.807) is 12.1 Å². The second kappa shape index (κ2) is 6.18. The lowest BCUT2D eigenvalue weighted by atomic mass is 9.85. The minimum Gasteiger partial charge on any atom is -0.396 e. The first-order valence-corrected chi connectivity index (χ1v) is 7.37. The summed E-state index contributed by atoms with van der Waals surface area (Å²) in [6.07, 6.45) is 1.91. The summed E-state index contributed by atoms with van der Waals surface area (Å²) in [5, 5.41) is 8.95. The first-order chi connectivity index (χ1) is 9.78. The molecule has 2 aliphatic rings. The molecule has 3 N–H and O–H groups in total.